The number of nitrogen functional groups attached to an aromatic ring is 1. The van der Waals surface area contributed by atoms with Crippen molar-refractivity contribution in [1.82, 2.24) is 9.97 Å². The van der Waals surface area contributed by atoms with Crippen LogP contribution in [0.15, 0.2) is 12.4 Å². The third-order valence-electron chi connectivity index (χ3n) is 3.06. The fraction of sp³-hybridized carbons (Fsp3) is 0.545. The van der Waals surface area contributed by atoms with Crippen LogP contribution in [0.25, 0.3) is 0 Å². The smallest absolute Gasteiger partial charge is 0.237 e. The third-order valence-corrected chi connectivity index (χ3v) is 3.06. The molecule has 1 aliphatic carbocycles. The second kappa shape index (κ2) is 4.99. The first kappa shape index (κ1) is 11.6. The van der Waals surface area contributed by atoms with Crippen LogP contribution in [0.3, 0.4) is 0 Å². The van der Waals surface area contributed by atoms with E-state index in [2.05, 4.69) is 9.97 Å². The van der Waals surface area contributed by atoms with Crippen LogP contribution in [0.2, 0.25) is 0 Å². The van der Waals surface area contributed by atoms with Crippen LogP contribution in [0.4, 0.5) is 11.6 Å². The van der Waals surface area contributed by atoms with Crippen LogP contribution in [-0.2, 0) is 4.79 Å². The fourth-order valence-corrected chi connectivity index (χ4v) is 2.30. The van der Waals surface area contributed by atoms with E-state index in [1.165, 1.54) is 19.2 Å². The molecule has 6 nitrogen and oxygen atoms in total. The Balaban J connectivity index is 2.22. The minimum absolute atomic E-state index is 0.182. The summed E-state index contributed by atoms with van der Waals surface area (Å²) in [4.78, 5) is 21.1. The Morgan fingerprint density at radius 1 is 1.41 bits per heavy atom. The van der Waals surface area contributed by atoms with Gasteiger partial charge in [-0.2, -0.15) is 0 Å². The Morgan fingerprint density at radius 2 is 2.12 bits per heavy atom. The molecule has 2 rings (SSSR count). The first-order valence-electron chi connectivity index (χ1n) is 5.79. The molecule has 1 saturated carbocycles. The standard InChI is InChI=1S/C11H17N5O/c12-9-5-11(15-7-14-9)16(6-10(13)17)8-3-1-2-4-8/h5,7-8H,1-4,6H2,(H2,13,17)(H2,12,14,15). The molecule has 92 valence electrons. The number of rotatable bonds is 4. The van der Waals surface area contributed by atoms with Gasteiger partial charge in [-0.15, -0.1) is 0 Å². The molecule has 1 aromatic rings. The van der Waals surface area contributed by atoms with Crippen LogP contribution in [-0.4, -0.2) is 28.5 Å². The number of hydrogen-bond donors (Lipinski definition) is 2. The van der Waals surface area contributed by atoms with Gasteiger partial charge in [-0.05, 0) is 12.8 Å². The SMILES string of the molecule is NC(=O)CN(c1cc(N)ncn1)C1CCCC1. The first-order valence-corrected chi connectivity index (χ1v) is 5.79. The summed E-state index contributed by atoms with van der Waals surface area (Å²) < 4.78 is 0. The van der Waals surface area contributed by atoms with Crippen molar-refractivity contribution >= 4 is 17.5 Å². The quantitative estimate of drug-likeness (QED) is 0.781. The molecule has 1 aromatic heterocycles. The second-order valence-corrected chi connectivity index (χ2v) is 4.33. The highest BCUT2D eigenvalue weighted by molar-refractivity contribution is 5.79. The van der Waals surface area contributed by atoms with Crippen molar-refractivity contribution in [3.8, 4) is 0 Å². The second-order valence-electron chi connectivity index (χ2n) is 4.33. The van der Waals surface area contributed by atoms with E-state index in [9.17, 15) is 4.79 Å². The molecule has 1 aliphatic rings. The van der Waals surface area contributed by atoms with Gasteiger partial charge in [0.2, 0.25) is 5.91 Å². The maximum Gasteiger partial charge on any atom is 0.237 e. The molecule has 0 saturated heterocycles. The van der Waals surface area contributed by atoms with Crippen molar-refractivity contribution in [2.45, 2.75) is 31.7 Å². The van der Waals surface area contributed by atoms with Gasteiger partial charge < -0.3 is 16.4 Å². The van der Waals surface area contributed by atoms with E-state index in [0.29, 0.717) is 17.7 Å². The number of anilines is 2. The lowest BCUT2D eigenvalue weighted by molar-refractivity contribution is -0.116. The van der Waals surface area contributed by atoms with E-state index in [-0.39, 0.29) is 12.5 Å². The number of nitrogens with zero attached hydrogens (tertiary/aromatic N) is 3. The van der Waals surface area contributed by atoms with Gasteiger partial charge in [0.15, 0.2) is 0 Å². The Kier molecular flexibility index (Phi) is 3.41. The summed E-state index contributed by atoms with van der Waals surface area (Å²) in [6.07, 6.45) is 5.91. The number of primary amides is 1. The van der Waals surface area contributed by atoms with E-state index in [0.717, 1.165) is 12.8 Å². The summed E-state index contributed by atoms with van der Waals surface area (Å²) in [7, 11) is 0. The minimum atomic E-state index is -0.353. The molecule has 0 aliphatic heterocycles. The number of aromatic nitrogens is 2. The van der Waals surface area contributed by atoms with Gasteiger partial charge in [0.1, 0.15) is 18.0 Å². The van der Waals surface area contributed by atoms with Gasteiger partial charge in [-0.25, -0.2) is 9.97 Å². The molecule has 1 amide bonds. The van der Waals surface area contributed by atoms with Gasteiger partial charge in [-0.1, -0.05) is 12.8 Å². The summed E-state index contributed by atoms with van der Waals surface area (Å²) in [5.41, 5.74) is 10.9. The van der Waals surface area contributed by atoms with Gasteiger partial charge in [0.25, 0.3) is 0 Å². The van der Waals surface area contributed by atoms with Crippen molar-refractivity contribution in [3.05, 3.63) is 12.4 Å². The lowest BCUT2D eigenvalue weighted by atomic mass is 10.2. The van der Waals surface area contributed by atoms with E-state index in [4.69, 9.17) is 11.5 Å². The normalized spacial score (nSPS) is 16.0. The average Bonchev–Trinajstić information content (AvgIpc) is 2.79. The summed E-state index contributed by atoms with van der Waals surface area (Å²) in [6, 6.07) is 2.01. The van der Waals surface area contributed by atoms with E-state index in [1.807, 2.05) is 4.90 Å². The van der Waals surface area contributed by atoms with Crippen LogP contribution in [0.5, 0.6) is 0 Å². The molecule has 0 aromatic carbocycles. The number of nitrogens with two attached hydrogens (primary N) is 2. The average molecular weight is 235 g/mol. The molecule has 6 heteroatoms. The monoisotopic (exact) mass is 235 g/mol. The molecule has 0 spiro atoms. The maximum atomic E-state index is 11.1. The highest BCUT2D eigenvalue weighted by atomic mass is 16.1. The summed E-state index contributed by atoms with van der Waals surface area (Å²) in [6.45, 7) is 0.182. The molecule has 4 N–H and O–H groups in total. The summed E-state index contributed by atoms with van der Waals surface area (Å²) >= 11 is 0. The molecular formula is C11H17N5O. The van der Waals surface area contributed by atoms with E-state index < -0.39 is 0 Å². The number of hydrogen-bond acceptors (Lipinski definition) is 5. The Bertz CT molecular complexity index is 403. The topological polar surface area (TPSA) is 98.1 Å². The molecular weight excluding hydrogens is 218 g/mol. The number of carbonyl (C=O) groups is 1. The molecule has 1 heterocycles. The zero-order valence-electron chi connectivity index (χ0n) is 9.67. The minimum Gasteiger partial charge on any atom is -0.384 e. The van der Waals surface area contributed by atoms with Gasteiger partial charge in [0, 0.05) is 12.1 Å². The van der Waals surface area contributed by atoms with Crippen LogP contribution in [0.1, 0.15) is 25.7 Å². The van der Waals surface area contributed by atoms with Crippen LogP contribution >= 0.6 is 0 Å². The summed E-state index contributed by atoms with van der Waals surface area (Å²) in [5.74, 6) is 0.736. The number of carbonyl (C=O) groups excluding carboxylic acids is 1. The Hall–Kier alpha value is -1.85. The molecule has 0 atom stereocenters. The predicted molar refractivity (Wildman–Crippen MR) is 65.2 cm³/mol. The predicted octanol–water partition coefficient (Wildman–Crippen LogP) is 0.293. The molecule has 0 bridgehead atoms. The Morgan fingerprint density at radius 3 is 2.71 bits per heavy atom. The molecule has 0 unspecified atom stereocenters. The van der Waals surface area contributed by atoms with Gasteiger partial charge >= 0.3 is 0 Å². The van der Waals surface area contributed by atoms with Crippen LogP contribution < -0.4 is 16.4 Å². The van der Waals surface area contributed by atoms with E-state index >= 15 is 0 Å². The van der Waals surface area contributed by atoms with Crippen molar-refractivity contribution in [2.75, 3.05) is 17.2 Å². The van der Waals surface area contributed by atoms with E-state index in [1.54, 1.807) is 6.07 Å². The van der Waals surface area contributed by atoms with Crippen LogP contribution in [0, 0.1) is 0 Å². The first-order chi connectivity index (χ1) is 8.16. The molecule has 0 radical (unpaired) electrons. The van der Waals surface area contributed by atoms with Crippen molar-refractivity contribution in [2.24, 2.45) is 5.73 Å². The molecule has 1 fully saturated rings. The lowest BCUT2D eigenvalue weighted by Crippen LogP contribution is -2.40. The van der Waals surface area contributed by atoms with Gasteiger partial charge in [0.05, 0.1) is 6.54 Å². The van der Waals surface area contributed by atoms with Gasteiger partial charge in [-0.3, -0.25) is 4.79 Å². The lowest BCUT2D eigenvalue weighted by Gasteiger charge is -2.28. The Labute approximate surface area is 100 Å². The third kappa shape index (κ3) is 2.83. The highest BCUT2D eigenvalue weighted by Gasteiger charge is 2.25. The van der Waals surface area contributed by atoms with Crippen molar-refractivity contribution in [3.63, 3.8) is 0 Å². The van der Waals surface area contributed by atoms with Crippen molar-refractivity contribution in [1.29, 1.82) is 0 Å². The van der Waals surface area contributed by atoms with Crippen molar-refractivity contribution < 1.29 is 4.79 Å². The summed E-state index contributed by atoms with van der Waals surface area (Å²) in [5, 5.41) is 0. The zero-order chi connectivity index (χ0) is 12.3. The highest BCUT2D eigenvalue weighted by Crippen LogP contribution is 2.27. The molecule has 17 heavy (non-hydrogen) atoms. The zero-order valence-corrected chi connectivity index (χ0v) is 9.67. The maximum absolute atomic E-state index is 11.1. The largest absolute Gasteiger partial charge is 0.384 e. The fourth-order valence-electron chi connectivity index (χ4n) is 2.30. The number of amides is 1.